The van der Waals surface area contributed by atoms with Crippen molar-refractivity contribution in [2.24, 2.45) is 0 Å². The lowest BCUT2D eigenvalue weighted by atomic mass is 9.80. The zero-order chi connectivity index (χ0) is 77.4. The van der Waals surface area contributed by atoms with Gasteiger partial charge in [-0.05, 0) is 178 Å². The van der Waals surface area contributed by atoms with Gasteiger partial charge in [-0.25, -0.2) is 38.1 Å². The van der Waals surface area contributed by atoms with Crippen molar-refractivity contribution < 1.29 is 50.6 Å². The number of alkyl halides is 3. The summed E-state index contributed by atoms with van der Waals surface area (Å²) >= 11 is 5.99. The van der Waals surface area contributed by atoms with Crippen LogP contribution in [0.3, 0.4) is 0 Å². The molecule has 580 valence electrons. The van der Waals surface area contributed by atoms with Crippen molar-refractivity contribution in [3.8, 4) is 39.8 Å². The van der Waals surface area contributed by atoms with Gasteiger partial charge >= 0.3 is 7.12 Å². The molecule has 13 rings (SSSR count). The van der Waals surface area contributed by atoms with Gasteiger partial charge in [-0.2, -0.15) is 0 Å². The summed E-state index contributed by atoms with van der Waals surface area (Å²) in [5, 5.41) is 24.1. The Bertz CT molecular complexity index is 4330. The molecule has 4 aliphatic heterocycles. The average molecular weight is 1540 g/mol. The molecule has 19 nitrogen and oxygen atoms in total. The van der Waals surface area contributed by atoms with Crippen LogP contribution in [0.2, 0.25) is 41.3 Å². The molecule has 4 N–H and O–H groups in total. The number of ether oxygens (including phenoxy) is 3. The fourth-order valence-corrected chi connectivity index (χ4v) is 14.7. The first-order valence-corrected chi connectivity index (χ1v) is 43.8. The fourth-order valence-electron chi connectivity index (χ4n) is 11.8. The highest BCUT2D eigenvalue weighted by Gasteiger charge is 2.52. The van der Waals surface area contributed by atoms with Gasteiger partial charge in [0.1, 0.15) is 92.9 Å². The van der Waals surface area contributed by atoms with Crippen molar-refractivity contribution in [3.63, 3.8) is 0 Å². The minimum absolute atomic E-state index is 0.0214. The van der Waals surface area contributed by atoms with E-state index < -0.39 is 55.0 Å². The molecule has 0 saturated carbocycles. The van der Waals surface area contributed by atoms with Crippen LogP contribution in [-0.2, 0) is 18.2 Å². The van der Waals surface area contributed by atoms with Gasteiger partial charge in [0.15, 0.2) is 16.6 Å². The molecule has 0 radical (unpaired) electrons. The molecule has 4 fully saturated rings. The van der Waals surface area contributed by atoms with Crippen molar-refractivity contribution in [1.29, 1.82) is 0 Å². The van der Waals surface area contributed by atoms with Gasteiger partial charge in [0.25, 0.3) is 0 Å². The van der Waals surface area contributed by atoms with E-state index in [1.165, 1.54) is 0 Å². The van der Waals surface area contributed by atoms with Crippen LogP contribution in [0.25, 0.3) is 55.1 Å². The van der Waals surface area contributed by atoms with E-state index in [1.807, 2.05) is 122 Å². The number of pyridine rings is 5. The summed E-state index contributed by atoms with van der Waals surface area (Å²) in [7, 11) is -4.41. The predicted octanol–water partition coefficient (Wildman–Crippen LogP) is 14.9. The molecule has 0 spiro atoms. The van der Waals surface area contributed by atoms with Crippen LogP contribution in [0.5, 0.6) is 17.2 Å². The molecule has 0 aliphatic carbocycles. The van der Waals surface area contributed by atoms with Gasteiger partial charge in [0.2, 0.25) is 0 Å². The molecule has 108 heavy (non-hydrogen) atoms. The summed E-state index contributed by atoms with van der Waals surface area (Å²) in [4.78, 5) is 30.2. The molecule has 4 aliphatic rings. The minimum Gasteiger partial charge on any atom is -0.491 e. The van der Waals surface area contributed by atoms with Crippen LogP contribution in [0.1, 0.15) is 69.2 Å². The third-order valence-corrected chi connectivity index (χ3v) is 30.5. The van der Waals surface area contributed by atoms with Crippen molar-refractivity contribution in [2.45, 2.75) is 135 Å². The number of hydrogen-bond donors (Lipinski definition) is 4. The first-order valence-electron chi connectivity index (χ1n) is 37.6. The maximum Gasteiger partial charge on any atom is 0.496 e. The van der Waals surface area contributed by atoms with Crippen LogP contribution in [-0.4, -0.2) is 202 Å². The zero-order valence-corrected chi connectivity index (χ0v) is 68.1. The molecule has 4 aromatic carbocycles. The van der Waals surface area contributed by atoms with Crippen molar-refractivity contribution in [2.75, 3.05) is 133 Å². The number of aliphatic hydroxyl groups is 1. The summed E-state index contributed by atoms with van der Waals surface area (Å²) in [5.41, 5.74) is 5.75. The Morgan fingerprint density at radius 2 is 0.852 bits per heavy atom. The van der Waals surface area contributed by atoms with Crippen molar-refractivity contribution >= 4 is 90.8 Å². The Hall–Kier alpha value is -7.53. The van der Waals surface area contributed by atoms with Crippen LogP contribution >= 0.6 is 11.6 Å². The average Bonchev–Trinajstić information content (AvgIpc) is 1.63. The van der Waals surface area contributed by atoms with Crippen LogP contribution in [0, 0.1) is 0 Å². The van der Waals surface area contributed by atoms with Crippen LogP contribution < -0.4 is 50.3 Å². The summed E-state index contributed by atoms with van der Waals surface area (Å²) < 4.78 is 80.9. The lowest BCUT2D eigenvalue weighted by molar-refractivity contribution is 0.00578. The van der Waals surface area contributed by atoms with Crippen LogP contribution in [0.15, 0.2) is 152 Å². The Balaban J connectivity index is 0.000000156. The van der Waals surface area contributed by atoms with E-state index in [4.69, 9.17) is 53.9 Å². The standard InChI is InChI=1S/C27H37FN4O2Si.C21H23FN4O2.C19H26ClFO2Si.C15H24BN3O2/c1-27(2,3)35(4,5)34-23(17-28)19-33-22-8-10-24-20(16-22)6-9-25(31-24)21-7-11-26(30-18-21)32-14-12-29-13-15-32;22-12-17(27)14-28-18-3-5-19-15(11-18)1-4-20(25-19)16-2-6-21(24-13-16)26-9-7-23-8-10-26;1-19(2,3)24(4,5)23-18(12-21)13-22-17-9-7-14-10-16(20)8-6-15(14)11-17;1-14(2)15(3,4)21-16(20-14)12-5-6-13(18-11-12)19-9-7-17-8-10-19/h6-11,16,18,23,29H,12-15,17,19H2,1-5H3;1-6,11,13,17,23,27H,7-10,12,14H2;6-11,18H,12-13H2,1-5H3;5-6,11,17H,7-10H2,1-4H3. The molecule has 9 aromatic rings. The van der Waals surface area contributed by atoms with E-state index in [0.717, 1.165) is 157 Å². The number of fused-ring (bicyclic) bond motifs is 3. The zero-order valence-electron chi connectivity index (χ0n) is 65.4. The lowest BCUT2D eigenvalue weighted by Crippen LogP contribution is -2.46. The van der Waals surface area contributed by atoms with E-state index >= 15 is 0 Å². The third-order valence-electron chi connectivity index (χ3n) is 21.2. The molecule has 0 bridgehead atoms. The quantitative estimate of drug-likeness (QED) is 0.0467. The lowest BCUT2D eigenvalue weighted by Gasteiger charge is -2.38. The number of anilines is 3. The highest BCUT2D eigenvalue weighted by atomic mass is 35.5. The number of nitrogens with one attached hydrogen (secondary N) is 3. The number of halogens is 4. The van der Waals surface area contributed by atoms with Gasteiger partial charge in [-0.15, -0.1) is 0 Å². The summed E-state index contributed by atoms with van der Waals surface area (Å²) in [6.07, 6.45) is 3.42. The Morgan fingerprint density at radius 3 is 1.23 bits per heavy atom. The topological polar surface area (TPSA) is 195 Å². The van der Waals surface area contributed by atoms with E-state index in [0.29, 0.717) is 22.3 Å². The highest BCUT2D eigenvalue weighted by Crippen LogP contribution is 2.40. The normalized spacial score (nSPS) is 17.0. The van der Waals surface area contributed by atoms with Gasteiger partial charge in [0.05, 0.1) is 33.6 Å². The first kappa shape index (κ1) is 83.0. The van der Waals surface area contributed by atoms with Gasteiger partial charge < -0.3 is 68.1 Å². The molecule has 5 aromatic heterocycles. The number of benzene rings is 4. The first-order chi connectivity index (χ1) is 51.4. The molecule has 3 unspecified atom stereocenters. The van der Waals surface area contributed by atoms with Crippen molar-refractivity contribution in [3.05, 3.63) is 157 Å². The number of aliphatic hydroxyl groups excluding tert-OH is 1. The third kappa shape index (κ3) is 22.4. The molecular formula is C82H110BClF3N11O8Si2. The fraction of sp³-hybridized carbons (Fsp3) is 0.476. The molecule has 3 atom stereocenters. The molecule has 26 heteroatoms. The van der Waals surface area contributed by atoms with E-state index in [1.54, 1.807) is 6.07 Å². The Kier molecular flexibility index (Phi) is 28.4. The molecular weight excluding hydrogens is 1430 g/mol. The minimum atomic E-state index is -2.06. The SMILES string of the molecule is CC(C)(C)[Si](C)(C)OC(CF)COc1ccc2cc(Cl)ccc2c1.CC(C)(C)[Si](C)(C)OC(CF)COc1ccc2nc(-c3ccc(N4CCNCC4)nc3)ccc2c1.CC1(C)OB(c2ccc(N3CCNCC3)nc2)OC1(C)C.OC(CF)COc1ccc2nc(-c3ccc(N4CCNCC4)nc3)ccc2c1. The number of hydrogen-bond acceptors (Lipinski definition) is 19. The summed E-state index contributed by atoms with van der Waals surface area (Å²) in [5.74, 6) is 4.99. The van der Waals surface area contributed by atoms with Gasteiger partial charge in [-0.1, -0.05) is 83.5 Å². The monoisotopic (exact) mass is 1540 g/mol. The maximum atomic E-state index is 13.7. The van der Waals surface area contributed by atoms with E-state index in [2.05, 4.69) is 165 Å². The second-order valence-corrected chi connectivity index (χ2v) is 41.8. The van der Waals surface area contributed by atoms with Crippen molar-refractivity contribution in [1.82, 2.24) is 40.9 Å². The summed E-state index contributed by atoms with van der Waals surface area (Å²) in [6, 6.07) is 43.0. The highest BCUT2D eigenvalue weighted by molar-refractivity contribution is 6.74. The van der Waals surface area contributed by atoms with Gasteiger partial charge in [-0.3, -0.25) is 0 Å². The van der Waals surface area contributed by atoms with E-state index in [-0.39, 0.29) is 48.2 Å². The molecule has 0 amide bonds. The number of piperazine rings is 3. The summed E-state index contributed by atoms with van der Waals surface area (Å²) in [6.45, 7) is 39.9. The second kappa shape index (κ2) is 37.0. The molecule has 9 heterocycles. The smallest absolute Gasteiger partial charge is 0.491 e. The maximum absolute atomic E-state index is 13.7. The van der Waals surface area contributed by atoms with Gasteiger partial charge in [0, 0.05) is 130 Å². The second-order valence-electron chi connectivity index (χ2n) is 31.9. The number of nitrogens with zero attached hydrogens (tertiary/aromatic N) is 8. The Morgan fingerprint density at radius 1 is 0.481 bits per heavy atom. The molecule has 4 saturated heterocycles. The van der Waals surface area contributed by atoms with E-state index in [9.17, 15) is 18.3 Å². The largest absolute Gasteiger partial charge is 0.496 e. The Labute approximate surface area is 643 Å². The predicted molar refractivity (Wildman–Crippen MR) is 439 cm³/mol. The number of rotatable bonds is 22. The number of aromatic nitrogens is 5. The van der Waals surface area contributed by atoms with Crippen LogP contribution in [0.4, 0.5) is 30.6 Å².